The van der Waals surface area contributed by atoms with Gasteiger partial charge in [0.15, 0.2) is 0 Å². The number of benzene rings is 1. The summed E-state index contributed by atoms with van der Waals surface area (Å²) in [6.07, 6.45) is 2.45. The van der Waals surface area contributed by atoms with Crippen LogP contribution in [0.2, 0.25) is 0 Å². The van der Waals surface area contributed by atoms with E-state index in [2.05, 4.69) is 36.5 Å². The Morgan fingerprint density at radius 1 is 1.42 bits per heavy atom. The molecule has 0 radical (unpaired) electrons. The van der Waals surface area contributed by atoms with E-state index in [0.29, 0.717) is 6.04 Å². The molecule has 1 N–H and O–H groups in total. The van der Waals surface area contributed by atoms with E-state index in [1.807, 2.05) is 0 Å². The molecule has 1 heteroatoms. The van der Waals surface area contributed by atoms with Gasteiger partial charge >= 0.3 is 0 Å². The summed E-state index contributed by atoms with van der Waals surface area (Å²) in [5.41, 5.74) is 3.00. The zero-order valence-electron chi connectivity index (χ0n) is 7.51. The van der Waals surface area contributed by atoms with Crippen molar-refractivity contribution in [1.29, 1.82) is 0 Å². The van der Waals surface area contributed by atoms with Crippen molar-refractivity contribution >= 4 is 0 Å². The topological polar surface area (TPSA) is 12.0 Å². The van der Waals surface area contributed by atoms with Gasteiger partial charge in [-0.3, -0.25) is 0 Å². The largest absolute Gasteiger partial charge is 0.310 e. The first-order valence-electron chi connectivity index (χ1n) is 4.73. The molecule has 64 valence electrons. The molecule has 1 heterocycles. The molecule has 0 saturated carbocycles. The molecule has 1 aliphatic rings. The van der Waals surface area contributed by atoms with Crippen molar-refractivity contribution in [1.82, 2.24) is 5.32 Å². The van der Waals surface area contributed by atoms with Crippen molar-refractivity contribution in [2.75, 3.05) is 6.54 Å². The molecule has 1 unspecified atom stereocenters. The number of aryl methyl sites for hydroxylation is 1. The van der Waals surface area contributed by atoms with E-state index >= 15 is 0 Å². The van der Waals surface area contributed by atoms with Crippen LogP contribution in [0.4, 0.5) is 0 Å². The first-order chi connectivity index (χ1) is 5.92. The van der Waals surface area contributed by atoms with Gasteiger partial charge in [0, 0.05) is 6.04 Å². The highest BCUT2D eigenvalue weighted by molar-refractivity contribution is 5.31. The lowest BCUT2D eigenvalue weighted by atomic mass is 9.92. The normalized spacial score (nSPS) is 21.9. The van der Waals surface area contributed by atoms with Crippen LogP contribution in [0.5, 0.6) is 0 Å². The third-order valence-corrected chi connectivity index (χ3v) is 2.64. The summed E-state index contributed by atoms with van der Waals surface area (Å²) < 4.78 is 0. The Labute approximate surface area is 73.8 Å². The minimum absolute atomic E-state index is 0.640. The summed E-state index contributed by atoms with van der Waals surface area (Å²) in [6, 6.07) is 9.38. The van der Waals surface area contributed by atoms with Crippen molar-refractivity contribution in [2.24, 2.45) is 0 Å². The minimum Gasteiger partial charge on any atom is -0.310 e. The van der Waals surface area contributed by atoms with Crippen LogP contribution in [-0.2, 0) is 6.42 Å². The number of hydrogen-bond donors (Lipinski definition) is 1. The second kappa shape index (κ2) is 3.28. The molecular formula is C11H15N. The molecule has 1 aromatic carbocycles. The predicted molar refractivity (Wildman–Crippen MR) is 51.2 cm³/mol. The second-order valence-corrected chi connectivity index (χ2v) is 3.35. The van der Waals surface area contributed by atoms with Crippen LogP contribution in [0.1, 0.15) is 30.5 Å². The first kappa shape index (κ1) is 7.81. The zero-order chi connectivity index (χ0) is 8.39. The summed E-state index contributed by atoms with van der Waals surface area (Å²) in [7, 11) is 0. The lowest BCUT2D eigenvalue weighted by Gasteiger charge is -2.29. The Morgan fingerprint density at radius 2 is 2.17 bits per heavy atom. The van der Waals surface area contributed by atoms with Gasteiger partial charge in [0.25, 0.3) is 0 Å². The Morgan fingerprint density at radius 3 is 2.75 bits per heavy atom. The van der Waals surface area contributed by atoms with Crippen LogP contribution in [0.25, 0.3) is 0 Å². The second-order valence-electron chi connectivity index (χ2n) is 3.35. The summed E-state index contributed by atoms with van der Waals surface area (Å²) in [5.74, 6) is 0. The third kappa shape index (κ3) is 1.25. The Bertz CT molecular complexity index is 263. The van der Waals surface area contributed by atoms with E-state index in [-0.39, 0.29) is 0 Å². The molecule has 1 atom stereocenters. The summed E-state index contributed by atoms with van der Waals surface area (Å²) in [5, 5.41) is 3.44. The maximum absolute atomic E-state index is 3.44. The standard InChI is InChI=1S/C11H15N/c1-2-9-5-3-4-6-10(9)11-7-8-12-11/h3-6,11-12H,2,7-8H2,1H3. The van der Waals surface area contributed by atoms with Crippen molar-refractivity contribution < 1.29 is 0 Å². The van der Waals surface area contributed by atoms with Crippen LogP contribution in [0.15, 0.2) is 24.3 Å². The molecule has 12 heavy (non-hydrogen) atoms. The smallest absolute Gasteiger partial charge is 0.0335 e. The highest BCUT2D eigenvalue weighted by Crippen LogP contribution is 2.25. The van der Waals surface area contributed by atoms with E-state index in [1.165, 1.54) is 24.1 Å². The van der Waals surface area contributed by atoms with Gasteiger partial charge < -0.3 is 5.32 Å². The summed E-state index contributed by atoms with van der Waals surface area (Å²) in [4.78, 5) is 0. The Balaban J connectivity index is 2.27. The fourth-order valence-electron chi connectivity index (χ4n) is 1.75. The van der Waals surface area contributed by atoms with Crippen molar-refractivity contribution in [3.05, 3.63) is 35.4 Å². The monoisotopic (exact) mass is 161 g/mol. The van der Waals surface area contributed by atoms with Crippen molar-refractivity contribution in [3.63, 3.8) is 0 Å². The molecule has 1 aromatic rings. The van der Waals surface area contributed by atoms with E-state index in [1.54, 1.807) is 0 Å². The maximum Gasteiger partial charge on any atom is 0.0335 e. The van der Waals surface area contributed by atoms with Gasteiger partial charge in [-0.15, -0.1) is 0 Å². The van der Waals surface area contributed by atoms with E-state index < -0.39 is 0 Å². The van der Waals surface area contributed by atoms with Gasteiger partial charge in [-0.1, -0.05) is 31.2 Å². The maximum atomic E-state index is 3.44. The van der Waals surface area contributed by atoms with Crippen molar-refractivity contribution in [3.8, 4) is 0 Å². The summed E-state index contributed by atoms with van der Waals surface area (Å²) >= 11 is 0. The quantitative estimate of drug-likeness (QED) is 0.701. The van der Waals surface area contributed by atoms with E-state index in [4.69, 9.17) is 0 Å². The first-order valence-corrected chi connectivity index (χ1v) is 4.73. The van der Waals surface area contributed by atoms with Crippen LogP contribution >= 0.6 is 0 Å². The average Bonchev–Trinajstić information content (AvgIpc) is 2.02. The fraction of sp³-hybridized carbons (Fsp3) is 0.455. The lowest BCUT2D eigenvalue weighted by molar-refractivity contribution is 0.381. The Hall–Kier alpha value is -0.820. The molecule has 0 aliphatic carbocycles. The number of rotatable bonds is 2. The molecule has 1 nitrogen and oxygen atoms in total. The van der Waals surface area contributed by atoms with Gasteiger partial charge in [0.05, 0.1) is 0 Å². The van der Waals surface area contributed by atoms with Gasteiger partial charge in [-0.2, -0.15) is 0 Å². The fourth-order valence-corrected chi connectivity index (χ4v) is 1.75. The third-order valence-electron chi connectivity index (χ3n) is 2.64. The van der Waals surface area contributed by atoms with Crippen LogP contribution in [0, 0.1) is 0 Å². The van der Waals surface area contributed by atoms with Gasteiger partial charge in [0.1, 0.15) is 0 Å². The highest BCUT2D eigenvalue weighted by atomic mass is 15.0. The average molecular weight is 161 g/mol. The van der Waals surface area contributed by atoms with Gasteiger partial charge in [0.2, 0.25) is 0 Å². The van der Waals surface area contributed by atoms with Gasteiger partial charge in [-0.25, -0.2) is 0 Å². The van der Waals surface area contributed by atoms with Crippen LogP contribution in [0.3, 0.4) is 0 Å². The number of nitrogens with one attached hydrogen (secondary N) is 1. The molecule has 1 saturated heterocycles. The highest BCUT2D eigenvalue weighted by Gasteiger charge is 2.19. The number of hydrogen-bond acceptors (Lipinski definition) is 1. The molecular weight excluding hydrogens is 146 g/mol. The van der Waals surface area contributed by atoms with E-state index in [0.717, 1.165) is 6.42 Å². The SMILES string of the molecule is CCc1ccccc1C1CCN1. The molecule has 0 aromatic heterocycles. The minimum atomic E-state index is 0.640. The Kier molecular flexibility index (Phi) is 2.13. The molecule has 1 fully saturated rings. The molecule has 1 aliphatic heterocycles. The molecule has 0 amide bonds. The lowest BCUT2D eigenvalue weighted by Crippen LogP contribution is -2.35. The summed E-state index contributed by atoms with van der Waals surface area (Å²) in [6.45, 7) is 3.40. The van der Waals surface area contributed by atoms with Crippen LogP contribution in [-0.4, -0.2) is 6.54 Å². The van der Waals surface area contributed by atoms with Gasteiger partial charge in [-0.05, 0) is 30.5 Å². The molecule has 2 rings (SSSR count). The van der Waals surface area contributed by atoms with E-state index in [9.17, 15) is 0 Å². The van der Waals surface area contributed by atoms with Crippen molar-refractivity contribution in [2.45, 2.75) is 25.8 Å². The zero-order valence-corrected chi connectivity index (χ0v) is 7.51. The molecule has 0 bridgehead atoms. The van der Waals surface area contributed by atoms with Crippen LogP contribution < -0.4 is 5.32 Å². The molecule has 0 spiro atoms. The predicted octanol–water partition coefficient (Wildman–Crippen LogP) is 2.28.